The van der Waals surface area contributed by atoms with Crippen LogP contribution in [-0.2, 0) is 0 Å². The standard InChI is InChI=1S/C6H5ClN4/c7-5-3-9-4-11-6(5)10-2-1-8/h3-4H,2H2,(H,9,10,11). The van der Waals surface area contributed by atoms with Crippen molar-refractivity contribution in [3.05, 3.63) is 17.5 Å². The number of rotatable bonds is 2. The highest BCUT2D eigenvalue weighted by Crippen LogP contribution is 2.14. The molecule has 0 radical (unpaired) electrons. The topological polar surface area (TPSA) is 61.6 Å². The largest absolute Gasteiger partial charge is 0.356 e. The van der Waals surface area contributed by atoms with Crippen LogP contribution in [0.2, 0.25) is 5.02 Å². The highest BCUT2D eigenvalue weighted by atomic mass is 35.5. The first-order chi connectivity index (χ1) is 5.34. The molecule has 0 bridgehead atoms. The zero-order chi connectivity index (χ0) is 8.10. The second kappa shape index (κ2) is 3.74. The summed E-state index contributed by atoms with van der Waals surface area (Å²) in [7, 11) is 0. The number of nitriles is 1. The highest BCUT2D eigenvalue weighted by Gasteiger charge is 1.97. The van der Waals surface area contributed by atoms with Crippen molar-refractivity contribution in [1.82, 2.24) is 9.97 Å². The van der Waals surface area contributed by atoms with Gasteiger partial charge in [0.25, 0.3) is 0 Å². The van der Waals surface area contributed by atoms with Crippen LogP contribution in [0.1, 0.15) is 0 Å². The van der Waals surface area contributed by atoms with E-state index in [0.717, 1.165) is 0 Å². The number of anilines is 1. The molecule has 0 amide bonds. The Kier molecular flexibility index (Phi) is 2.64. The van der Waals surface area contributed by atoms with Gasteiger partial charge in [0, 0.05) is 0 Å². The van der Waals surface area contributed by atoms with E-state index in [1.54, 1.807) is 0 Å². The van der Waals surface area contributed by atoms with Gasteiger partial charge in [-0.05, 0) is 0 Å². The first-order valence-corrected chi connectivity index (χ1v) is 3.28. The van der Waals surface area contributed by atoms with Gasteiger partial charge in [0.1, 0.15) is 23.7 Å². The van der Waals surface area contributed by atoms with E-state index in [4.69, 9.17) is 16.9 Å². The molecule has 0 unspecified atom stereocenters. The molecule has 0 fully saturated rings. The van der Waals surface area contributed by atoms with Gasteiger partial charge in [-0.2, -0.15) is 5.26 Å². The van der Waals surface area contributed by atoms with Crippen LogP contribution in [0, 0.1) is 11.3 Å². The van der Waals surface area contributed by atoms with Crippen molar-refractivity contribution in [1.29, 1.82) is 5.26 Å². The summed E-state index contributed by atoms with van der Waals surface area (Å²) in [5.74, 6) is 0.489. The number of halogens is 1. The maximum Gasteiger partial charge on any atom is 0.149 e. The van der Waals surface area contributed by atoms with E-state index in [2.05, 4.69) is 15.3 Å². The number of aromatic nitrogens is 2. The molecule has 56 valence electrons. The second-order valence-corrected chi connectivity index (χ2v) is 2.14. The third-order valence-electron chi connectivity index (χ3n) is 1.00. The Bertz CT molecular complexity index is 280. The van der Waals surface area contributed by atoms with Gasteiger partial charge in [-0.3, -0.25) is 0 Å². The fourth-order valence-electron chi connectivity index (χ4n) is 0.566. The van der Waals surface area contributed by atoms with Crippen molar-refractivity contribution in [3.63, 3.8) is 0 Å². The average molecular weight is 169 g/mol. The molecule has 0 saturated carbocycles. The summed E-state index contributed by atoms with van der Waals surface area (Å²) in [4.78, 5) is 7.50. The van der Waals surface area contributed by atoms with Gasteiger partial charge in [-0.15, -0.1) is 0 Å². The van der Waals surface area contributed by atoms with E-state index in [1.165, 1.54) is 12.5 Å². The number of hydrogen-bond acceptors (Lipinski definition) is 4. The smallest absolute Gasteiger partial charge is 0.149 e. The summed E-state index contributed by atoms with van der Waals surface area (Å²) in [5.41, 5.74) is 0. The third-order valence-corrected chi connectivity index (χ3v) is 1.28. The van der Waals surface area contributed by atoms with Crippen molar-refractivity contribution >= 4 is 17.4 Å². The van der Waals surface area contributed by atoms with Crippen LogP contribution >= 0.6 is 11.6 Å². The molecule has 0 atom stereocenters. The Balaban J connectivity index is 2.71. The van der Waals surface area contributed by atoms with Gasteiger partial charge in [-0.1, -0.05) is 11.6 Å². The van der Waals surface area contributed by atoms with E-state index in [1.807, 2.05) is 6.07 Å². The lowest BCUT2D eigenvalue weighted by atomic mass is 10.5. The van der Waals surface area contributed by atoms with E-state index in [-0.39, 0.29) is 6.54 Å². The van der Waals surface area contributed by atoms with E-state index in [9.17, 15) is 0 Å². The Morgan fingerprint density at radius 2 is 2.55 bits per heavy atom. The number of nitrogens with zero attached hydrogens (tertiary/aromatic N) is 3. The minimum absolute atomic E-state index is 0.191. The lowest BCUT2D eigenvalue weighted by Gasteiger charge is -1.99. The number of hydrogen-bond donors (Lipinski definition) is 1. The molecular weight excluding hydrogens is 164 g/mol. The fraction of sp³-hybridized carbons (Fsp3) is 0.167. The van der Waals surface area contributed by atoms with Gasteiger partial charge in [0.15, 0.2) is 0 Å². The normalized spacial score (nSPS) is 8.73. The van der Waals surface area contributed by atoms with Crippen LogP contribution in [0.5, 0.6) is 0 Å². The van der Waals surface area contributed by atoms with Crippen molar-refractivity contribution < 1.29 is 0 Å². The third kappa shape index (κ3) is 2.06. The average Bonchev–Trinajstić information content (AvgIpc) is 2.03. The minimum atomic E-state index is 0.191. The zero-order valence-corrected chi connectivity index (χ0v) is 6.34. The van der Waals surface area contributed by atoms with Crippen LogP contribution in [0.4, 0.5) is 5.82 Å². The van der Waals surface area contributed by atoms with E-state index in [0.29, 0.717) is 10.8 Å². The molecule has 1 aromatic rings. The predicted octanol–water partition coefficient (Wildman–Crippen LogP) is 1.07. The summed E-state index contributed by atoms with van der Waals surface area (Å²) in [6.45, 7) is 0.191. The van der Waals surface area contributed by atoms with Crippen LogP contribution in [0.25, 0.3) is 0 Å². The Morgan fingerprint density at radius 1 is 1.73 bits per heavy atom. The quantitative estimate of drug-likeness (QED) is 0.671. The van der Waals surface area contributed by atoms with E-state index >= 15 is 0 Å². The fourth-order valence-corrected chi connectivity index (χ4v) is 0.738. The van der Waals surface area contributed by atoms with Crippen molar-refractivity contribution in [2.75, 3.05) is 11.9 Å². The molecule has 0 aliphatic heterocycles. The molecule has 1 rings (SSSR count). The predicted molar refractivity (Wildman–Crippen MR) is 41.1 cm³/mol. The van der Waals surface area contributed by atoms with Crippen LogP contribution < -0.4 is 5.32 Å². The maximum atomic E-state index is 8.22. The van der Waals surface area contributed by atoms with Crippen LogP contribution in [0.15, 0.2) is 12.5 Å². The van der Waals surface area contributed by atoms with E-state index < -0.39 is 0 Å². The molecule has 0 aliphatic rings. The van der Waals surface area contributed by atoms with Gasteiger partial charge >= 0.3 is 0 Å². The Hall–Kier alpha value is -1.34. The molecule has 1 aromatic heterocycles. The molecule has 0 saturated heterocycles. The molecule has 1 N–H and O–H groups in total. The maximum absolute atomic E-state index is 8.22. The Morgan fingerprint density at radius 3 is 3.18 bits per heavy atom. The molecule has 1 heterocycles. The van der Waals surface area contributed by atoms with Gasteiger partial charge in [-0.25, -0.2) is 9.97 Å². The molecule has 0 aromatic carbocycles. The Labute approximate surface area is 68.8 Å². The second-order valence-electron chi connectivity index (χ2n) is 1.73. The van der Waals surface area contributed by atoms with Crippen LogP contribution in [0.3, 0.4) is 0 Å². The summed E-state index contributed by atoms with van der Waals surface area (Å²) >= 11 is 5.66. The first kappa shape index (κ1) is 7.76. The molecule has 5 heteroatoms. The van der Waals surface area contributed by atoms with Gasteiger partial charge in [0.05, 0.1) is 12.3 Å². The van der Waals surface area contributed by atoms with Gasteiger partial charge < -0.3 is 5.32 Å². The molecule has 0 aliphatic carbocycles. The SMILES string of the molecule is N#CCNc1ncncc1Cl. The van der Waals surface area contributed by atoms with Crippen molar-refractivity contribution in [2.24, 2.45) is 0 Å². The lowest BCUT2D eigenvalue weighted by molar-refractivity contribution is 1.14. The molecule has 0 spiro atoms. The summed E-state index contributed by atoms with van der Waals surface area (Å²) in [5, 5.41) is 11.4. The molecule has 11 heavy (non-hydrogen) atoms. The van der Waals surface area contributed by atoms with Gasteiger partial charge in [0.2, 0.25) is 0 Å². The summed E-state index contributed by atoms with van der Waals surface area (Å²) in [6, 6.07) is 1.91. The number of nitrogens with one attached hydrogen (secondary N) is 1. The highest BCUT2D eigenvalue weighted by molar-refractivity contribution is 6.32. The molecule has 4 nitrogen and oxygen atoms in total. The summed E-state index contributed by atoms with van der Waals surface area (Å²) < 4.78 is 0. The minimum Gasteiger partial charge on any atom is -0.356 e. The molecular formula is C6H5ClN4. The van der Waals surface area contributed by atoms with Crippen molar-refractivity contribution in [3.8, 4) is 6.07 Å². The monoisotopic (exact) mass is 168 g/mol. The first-order valence-electron chi connectivity index (χ1n) is 2.91. The van der Waals surface area contributed by atoms with Crippen molar-refractivity contribution in [2.45, 2.75) is 0 Å². The summed E-state index contributed by atoms with van der Waals surface area (Å²) in [6.07, 6.45) is 2.83. The van der Waals surface area contributed by atoms with Crippen LogP contribution in [-0.4, -0.2) is 16.5 Å². The zero-order valence-electron chi connectivity index (χ0n) is 5.58. The lowest BCUT2D eigenvalue weighted by Crippen LogP contribution is -2.01.